The fourth-order valence-corrected chi connectivity index (χ4v) is 2.22. The highest BCUT2D eigenvalue weighted by molar-refractivity contribution is 5.74. The maximum Gasteiger partial charge on any atom is 0.317 e. The number of nitrogens with one attached hydrogen (secondary N) is 1. The predicted molar refractivity (Wildman–Crippen MR) is 59.5 cm³/mol. The molecule has 2 fully saturated rings. The van der Waals surface area contributed by atoms with Crippen LogP contribution in [0.2, 0.25) is 0 Å². The molecule has 2 rings (SSSR count). The van der Waals surface area contributed by atoms with Crippen molar-refractivity contribution in [2.24, 2.45) is 11.7 Å². The van der Waals surface area contributed by atoms with E-state index in [0.717, 1.165) is 32.4 Å². The topological polar surface area (TPSA) is 58.4 Å². The molecule has 0 bridgehead atoms. The number of carbonyl (C=O) groups is 1. The molecule has 0 aromatic carbocycles. The molecule has 1 saturated carbocycles. The Bertz CT molecular complexity index is 238. The summed E-state index contributed by atoms with van der Waals surface area (Å²) in [5.74, 6) is 0.483. The van der Waals surface area contributed by atoms with Crippen LogP contribution in [0, 0.1) is 5.92 Å². The highest BCUT2D eigenvalue weighted by atomic mass is 16.2. The quantitative estimate of drug-likeness (QED) is 0.713. The number of nitrogens with two attached hydrogens (primary N) is 1. The Morgan fingerprint density at radius 3 is 2.67 bits per heavy atom. The number of carbonyl (C=O) groups excluding carboxylic acids is 1. The van der Waals surface area contributed by atoms with Crippen LogP contribution in [0.4, 0.5) is 4.79 Å². The van der Waals surface area contributed by atoms with Crippen molar-refractivity contribution in [3.63, 3.8) is 0 Å². The Morgan fingerprint density at radius 2 is 2.20 bits per heavy atom. The number of nitrogens with zero attached hydrogens (tertiary/aromatic N) is 1. The Labute approximate surface area is 91.2 Å². The second-order valence-corrected chi connectivity index (χ2v) is 4.93. The van der Waals surface area contributed by atoms with E-state index in [1.165, 1.54) is 6.42 Å². The van der Waals surface area contributed by atoms with Gasteiger partial charge in [-0.15, -0.1) is 0 Å². The first-order valence-corrected chi connectivity index (χ1v) is 5.98. The third-order valence-corrected chi connectivity index (χ3v) is 3.69. The Morgan fingerprint density at radius 1 is 1.47 bits per heavy atom. The van der Waals surface area contributed by atoms with E-state index in [1.807, 2.05) is 11.8 Å². The summed E-state index contributed by atoms with van der Waals surface area (Å²) in [4.78, 5) is 13.7. The summed E-state index contributed by atoms with van der Waals surface area (Å²) < 4.78 is 0. The van der Waals surface area contributed by atoms with Crippen molar-refractivity contribution < 1.29 is 4.79 Å². The molecule has 1 saturated heterocycles. The van der Waals surface area contributed by atoms with E-state index in [1.54, 1.807) is 0 Å². The van der Waals surface area contributed by atoms with E-state index in [2.05, 4.69) is 5.32 Å². The smallest absolute Gasteiger partial charge is 0.317 e. The molecule has 1 aliphatic heterocycles. The van der Waals surface area contributed by atoms with Gasteiger partial charge < -0.3 is 16.0 Å². The fraction of sp³-hybridized carbons (Fsp3) is 0.909. The van der Waals surface area contributed by atoms with E-state index < -0.39 is 0 Å². The predicted octanol–water partition coefficient (Wildman–Crippen LogP) is 0.918. The lowest BCUT2D eigenvalue weighted by atomic mass is 9.93. The maximum atomic E-state index is 11.8. The van der Waals surface area contributed by atoms with Crippen molar-refractivity contribution in [2.75, 3.05) is 13.1 Å². The minimum Gasteiger partial charge on any atom is -0.335 e. The van der Waals surface area contributed by atoms with Crippen molar-refractivity contribution in [1.82, 2.24) is 10.2 Å². The van der Waals surface area contributed by atoms with Crippen LogP contribution in [-0.2, 0) is 0 Å². The number of rotatable bonds is 2. The minimum absolute atomic E-state index is 0.114. The minimum atomic E-state index is 0.114. The van der Waals surface area contributed by atoms with Crippen LogP contribution >= 0.6 is 0 Å². The third-order valence-electron chi connectivity index (χ3n) is 3.69. The van der Waals surface area contributed by atoms with Crippen molar-refractivity contribution in [1.29, 1.82) is 0 Å². The third kappa shape index (κ3) is 2.43. The van der Waals surface area contributed by atoms with E-state index >= 15 is 0 Å². The van der Waals surface area contributed by atoms with Crippen molar-refractivity contribution in [3.05, 3.63) is 0 Å². The number of likely N-dealkylation sites (tertiary alicyclic amines) is 1. The zero-order chi connectivity index (χ0) is 10.8. The van der Waals surface area contributed by atoms with Crippen LogP contribution in [0.15, 0.2) is 0 Å². The highest BCUT2D eigenvalue weighted by Crippen LogP contribution is 2.21. The fourth-order valence-electron chi connectivity index (χ4n) is 2.22. The molecule has 0 aromatic heterocycles. The van der Waals surface area contributed by atoms with Crippen LogP contribution in [-0.4, -0.2) is 36.1 Å². The summed E-state index contributed by atoms with van der Waals surface area (Å²) in [7, 11) is 0. The zero-order valence-corrected chi connectivity index (χ0v) is 9.41. The van der Waals surface area contributed by atoms with Gasteiger partial charge in [-0.1, -0.05) is 0 Å². The molecule has 3 N–H and O–H groups in total. The molecule has 4 heteroatoms. The van der Waals surface area contributed by atoms with Gasteiger partial charge in [0.15, 0.2) is 0 Å². The van der Waals surface area contributed by atoms with Gasteiger partial charge in [-0.25, -0.2) is 4.79 Å². The van der Waals surface area contributed by atoms with Crippen LogP contribution in [0.5, 0.6) is 0 Å². The molecule has 4 nitrogen and oxygen atoms in total. The first-order valence-electron chi connectivity index (χ1n) is 5.98. The van der Waals surface area contributed by atoms with E-state index in [-0.39, 0.29) is 12.1 Å². The van der Waals surface area contributed by atoms with Crippen LogP contribution in [0.3, 0.4) is 0 Å². The van der Waals surface area contributed by atoms with Gasteiger partial charge in [0.05, 0.1) is 0 Å². The second-order valence-electron chi connectivity index (χ2n) is 4.93. The maximum absolute atomic E-state index is 11.8. The van der Waals surface area contributed by atoms with E-state index in [9.17, 15) is 4.79 Å². The number of amides is 2. The molecule has 2 aliphatic rings. The monoisotopic (exact) mass is 211 g/mol. The molecule has 15 heavy (non-hydrogen) atoms. The largest absolute Gasteiger partial charge is 0.335 e. The summed E-state index contributed by atoms with van der Waals surface area (Å²) in [6.45, 7) is 3.72. The lowest BCUT2D eigenvalue weighted by molar-refractivity contribution is 0.194. The summed E-state index contributed by atoms with van der Waals surface area (Å²) in [5.41, 5.74) is 5.84. The molecule has 1 heterocycles. The molecular weight excluding hydrogens is 190 g/mol. The standard InChI is InChI=1S/C11H21N3O/c1-8(12)9-5-6-14(7-9)11(15)13-10-3-2-4-10/h8-10H,2-7,12H2,1H3,(H,13,15). The summed E-state index contributed by atoms with van der Waals surface area (Å²) in [5, 5.41) is 3.06. The molecule has 2 unspecified atom stereocenters. The van der Waals surface area contributed by atoms with Crippen molar-refractivity contribution in [3.8, 4) is 0 Å². The molecule has 0 aromatic rings. The molecule has 2 atom stereocenters. The van der Waals surface area contributed by atoms with Gasteiger partial charge in [0.2, 0.25) is 0 Å². The highest BCUT2D eigenvalue weighted by Gasteiger charge is 2.30. The second kappa shape index (κ2) is 4.39. The molecule has 0 spiro atoms. The molecule has 86 valence electrons. The Balaban J connectivity index is 1.76. The van der Waals surface area contributed by atoms with Gasteiger partial charge in [-0.2, -0.15) is 0 Å². The Kier molecular flexibility index (Phi) is 3.14. The van der Waals surface area contributed by atoms with E-state index in [0.29, 0.717) is 12.0 Å². The number of hydrogen-bond acceptors (Lipinski definition) is 2. The van der Waals surface area contributed by atoms with Gasteiger partial charge in [-0.3, -0.25) is 0 Å². The first kappa shape index (κ1) is 10.7. The number of hydrogen-bond donors (Lipinski definition) is 2. The molecular formula is C11H21N3O. The van der Waals surface area contributed by atoms with Gasteiger partial charge in [0, 0.05) is 25.2 Å². The van der Waals surface area contributed by atoms with Gasteiger partial charge in [-0.05, 0) is 38.5 Å². The summed E-state index contributed by atoms with van der Waals surface area (Å²) in [6, 6.07) is 0.751. The van der Waals surface area contributed by atoms with Crippen LogP contribution in [0.25, 0.3) is 0 Å². The van der Waals surface area contributed by atoms with Crippen molar-refractivity contribution >= 4 is 6.03 Å². The van der Waals surface area contributed by atoms with Gasteiger partial charge in [0.1, 0.15) is 0 Å². The van der Waals surface area contributed by atoms with Gasteiger partial charge in [0.25, 0.3) is 0 Å². The lowest BCUT2D eigenvalue weighted by Crippen LogP contribution is -2.46. The average molecular weight is 211 g/mol. The lowest BCUT2D eigenvalue weighted by Gasteiger charge is -2.29. The normalized spacial score (nSPS) is 28.7. The van der Waals surface area contributed by atoms with Crippen LogP contribution in [0.1, 0.15) is 32.6 Å². The summed E-state index contributed by atoms with van der Waals surface area (Å²) in [6.07, 6.45) is 4.61. The Hall–Kier alpha value is -0.770. The average Bonchev–Trinajstić information content (AvgIpc) is 2.59. The molecule has 2 amide bonds. The van der Waals surface area contributed by atoms with Crippen molar-refractivity contribution in [2.45, 2.75) is 44.7 Å². The van der Waals surface area contributed by atoms with Crippen LogP contribution < -0.4 is 11.1 Å². The first-order chi connectivity index (χ1) is 7.16. The zero-order valence-electron chi connectivity index (χ0n) is 9.41. The summed E-state index contributed by atoms with van der Waals surface area (Å²) >= 11 is 0. The molecule has 0 radical (unpaired) electrons. The molecule has 1 aliphatic carbocycles. The van der Waals surface area contributed by atoms with Gasteiger partial charge >= 0.3 is 6.03 Å². The SMILES string of the molecule is CC(N)C1CCN(C(=O)NC2CCC2)C1. The number of urea groups is 1. The van der Waals surface area contributed by atoms with E-state index in [4.69, 9.17) is 5.73 Å².